The topological polar surface area (TPSA) is 78.0 Å². The Bertz CT molecular complexity index is 955. The Morgan fingerprint density at radius 2 is 1.81 bits per heavy atom. The number of aromatic amines is 1. The average molecular weight is 353 g/mol. The third-order valence-corrected chi connectivity index (χ3v) is 4.38. The first-order valence-electron chi connectivity index (χ1n) is 8.18. The lowest BCUT2D eigenvalue weighted by atomic mass is 10.1. The highest BCUT2D eigenvalue weighted by Gasteiger charge is 2.26. The number of aromatic nitrogens is 2. The van der Waals surface area contributed by atoms with Crippen LogP contribution < -0.4 is 14.2 Å². The van der Waals surface area contributed by atoms with Crippen molar-refractivity contribution in [2.45, 2.75) is 6.10 Å². The number of benzene rings is 2. The summed E-state index contributed by atoms with van der Waals surface area (Å²) < 4.78 is 22.3. The van der Waals surface area contributed by atoms with Gasteiger partial charge in [0.1, 0.15) is 6.10 Å². The molecule has 2 aromatic carbocycles. The lowest BCUT2D eigenvalue weighted by Gasteiger charge is -2.17. The largest absolute Gasteiger partial charge is 0.493 e. The van der Waals surface area contributed by atoms with Crippen LogP contribution in [0.2, 0.25) is 0 Å². The molecule has 0 amide bonds. The van der Waals surface area contributed by atoms with Crippen molar-refractivity contribution in [2.24, 2.45) is 4.99 Å². The van der Waals surface area contributed by atoms with Gasteiger partial charge in [-0.1, -0.05) is 0 Å². The highest BCUT2D eigenvalue weighted by molar-refractivity contribution is 5.98. The zero-order valence-corrected chi connectivity index (χ0v) is 14.8. The van der Waals surface area contributed by atoms with Gasteiger partial charge in [-0.05, 0) is 30.3 Å². The van der Waals surface area contributed by atoms with Crippen molar-refractivity contribution >= 4 is 16.9 Å². The first-order chi connectivity index (χ1) is 12.7. The molecule has 134 valence electrons. The molecule has 3 aromatic rings. The van der Waals surface area contributed by atoms with Crippen LogP contribution in [0.5, 0.6) is 17.2 Å². The maximum atomic E-state index is 6.10. The number of fused-ring (bicyclic) bond motifs is 1. The van der Waals surface area contributed by atoms with E-state index < -0.39 is 0 Å². The molecule has 7 heteroatoms. The Labute approximate surface area is 150 Å². The number of H-pyrrole nitrogens is 1. The van der Waals surface area contributed by atoms with Crippen LogP contribution in [0.15, 0.2) is 41.7 Å². The van der Waals surface area contributed by atoms with E-state index in [1.54, 1.807) is 27.7 Å². The minimum atomic E-state index is -0.212. The molecule has 0 fully saturated rings. The number of ether oxygens (including phenoxy) is 4. The van der Waals surface area contributed by atoms with Crippen LogP contribution in [0, 0.1) is 0 Å². The molecule has 4 rings (SSSR count). The summed E-state index contributed by atoms with van der Waals surface area (Å²) in [6, 6.07) is 9.67. The van der Waals surface area contributed by atoms with Gasteiger partial charge in [-0.3, -0.25) is 0 Å². The zero-order valence-electron chi connectivity index (χ0n) is 14.8. The van der Waals surface area contributed by atoms with E-state index in [0.29, 0.717) is 29.7 Å². The number of nitrogens with one attached hydrogen (secondary N) is 1. The van der Waals surface area contributed by atoms with Crippen molar-refractivity contribution < 1.29 is 18.9 Å². The van der Waals surface area contributed by atoms with E-state index in [2.05, 4.69) is 15.0 Å². The number of imidazole rings is 1. The SMILES string of the molecule is COc1cc(C2CN=C(c3ccc4nc[nH]c4c3)O2)cc(OC)c1OC. The molecule has 2 heterocycles. The second-order valence-corrected chi connectivity index (χ2v) is 5.85. The summed E-state index contributed by atoms with van der Waals surface area (Å²) in [5.74, 6) is 2.36. The lowest BCUT2D eigenvalue weighted by Crippen LogP contribution is -2.07. The Balaban J connectivity index is 1.61. The van der Waals surface area contributed by atoms with Gasteiger partial charge in [0.25, 0.3) is 0 Å². The second kappa shape index (κ2) is 6.59. The smallest absolute Gasteiger partial charge is 0.216 e. The van der Waals surface area contributed by atoms with Crippen molar-refractivity contribution in [3.05, 3.63) is 47.8 Å². The van der Waals surface area contributed by atoms with Crippen LogP contribution in [0.4, 0.5) is 0 Å². The lowest BCUT2D eigenvalue weighted by molar-refractivity contribution is 0.228. The monoisotopic (exact) mass is 353 g/mol. The summed E-state index contributed by atoms with van der Waals surface area (Å²) >= 11 is 0. The van der Waals surface area contributed by atoms with Gasteiger partial charge in [0, 0.05) is 11.1 Å². The summed E-state index contributed by atoms with van der Waals surface area (Å²) in [7, 11) is 4.77. The predicted molar refractivity (Wildman–Crippen MR) is 97.4 cm³/mol. The van der Waals surface area contributed by atoms with Gasteiger partial charge in [0.15, 0.2) is 11.5 Å². The Morgan fingerprint density at radius 3 is 2.50 bits per heavy atom. The molecule has 0 saturated heterocycles. The molecule has 0 bridgehead atoms. The van der Waals surface area contributed by atoms with Gasteiger partial charge in [-0.2, -0.15) is 0 Å². The standard InChI is InChI=1S/C19H19N3O4/c1-23-15-7-12(8-16(24-2)18(15)25-3)17-9-20-19(26-17)11-4-5-13-14(6-11)22-10-21-13/h4-8,10,17H,9H2,1-3H3,(H,21,22). The minimum Gasteiger partial charge on any atom is -0.493 e. The van der Waals surface area contributed by atoms with Gasteiger partial charge in [0.05, 0.1) is 45.2 Å². The van der Waals surface area contributed by atoms with Gasteiger partial charge < -0.3 is 23.9 Å². The molecule has 0 radical (unpaired) electrons. The average Bonchev–Trinajstić information content (AvgIpc) is 3.35. The van der Waals surface area contributed by atoms with E-state index in [0.717, 1.165) is 22.2 Å². The number of rotatable bonds is 5. The van der Waals surface area contributed by atoms with Crippen molar-refractivity contribution in [1.82, 2.24) is 9.97 Å². The maximum absolute atomic E-state index is 6.10. The van der Waals surface area contributed by atoms with E-state index >= 15 is 0 Å². The molecule has 1 aliphatic rings. The van der Waals surface area contributed by atoms with E-state index in [1.165, 1.54) is 0 Å². The molecule has 1 aromatic heterocycles. The highest BCUT2D eigenvalue weighted by Crippen LogP contribution is 2.41. The van der Waals surface area contributed by atoms with Gasteiger partial charge in [0.2, 0.25) is 11.6 Å². The summed E-state index contributed by atoms with van der Waals surface area (Å²) in [6.45, 7) is 0.523. The molecule has 1 atom stereocenters. The van der Waals surface area contributed by atoms with E-state index in [1.807, 2.05) is 30.3 Å². The van der Waals surface area contributed by atoms with Crippen LogP contribution in [0.3, 0.4) is 0 Å². The summed E-state index contributed by atoms with van der Waals surface area (Å²) in [4.78, 5) is 11.9. The first kappa shape index (κ1) is 16.3. The van der Waals surface area contributed by atoms with Crippen LogP contribution in [0.1, 0.15) is 17.2 Å². The Morgan fingerprint density at radius 1 is 1.04 bits per heavy atom. The fourth-order valence-corrected chi connectivity index (χ4v) is 3.06. The molecule has 26 heavy (non-hydrogen) atoms. The molecule has 0 aliphatic carbocycles. The fraction of sp³-hybridized carbons (Fsp3) is 0.263. The molecule has 1 unspecified atom stereocenters. The third-order valence-electron chi connectivity index (χ3n) is 4.38. The molecule has 0 spiro atoms. The molecular formula is C19H19N3O4. The predicted octanol–water partition coefficient (Wildman–Crippen LogP) is 3.11. The number of aliphatic imine (C=N–C) groups is 1. The van der Waals surface area contributed by atoms with E-state index in [-0.39, 0.29) is 6.10 Å². The van der Waals surface area contributed by atoms with Crippen molar-refractivity contribution in [2.75, 3.05) is 27.9 Å². The Hall–Kier alpha value is -3.22. The number of hydrogen-bond acceptors (Lipinski definition) is 6. The molecule has 1 aliphatic heterocycles. The summed E-state index contributed by atoms with van der Waals surface area (Å²) in [5, 5.41) is 0. The summed E-state index contributed by atoms with van der Waals surface area (Å²) in [5.41, 5.74) is 3.69. The third kappa shape index (κ3) is 2.71. The fourth-order valence-electron chi connectivity index (χ4n) is 3.06. The molecule has 1 N–H and O–H groups in total. The van der Waals surface area contributed by atoms with Gasteiger partial charge in [-0.25, -0.2) is 9.98 Å². The molecular weight excluding hydrogens is 334 g/mol. The van der Waals surface area contributed by atoms with Gasteiger partial charge in [-0.15, -0.1) is 0 Å². The van der Waals surface area contributed by atoms with E-state index in [9.17, 15) is 0 Å². The quantitative estimate of drug-likeness (QED) is 0.762. The molecule has 7 nitrogen and oxygen atoms in total. The van der Waals surface area contributed by atoms with Crippen LogP contribution in [-0.2, 0) is 4.74 Å². The van der Waals surface area contributed by atoms with E-state index in [4.69, 9.17) is 18.9 Å². The van der Waals surface area contributed by atoms with Crippen LogP contribution in [-0.4, -0.2) is 43.7 Å². The number of methoxy groups -OCH3 is 3. The summed E-state index contributed by atoms with van der Waals surface area (Å²) in [6.07, 6.45) is 1.46. The highest BCUT2D eigenvalue weighted by atomic mass is 16.5. The second-order valence-electron chi connectivity index (χ2n) is 5.85. The minimum absolute atomic E-state index is 0.212. The first-order valence-corrected chi connectivity index (χ1v) is 8.18. The van der Waals surface area contributed by atoms with Crippen LogP contribution >= 0.6 is 0 Å². The maximum Gasteiger partial charge on any atom is 0.216 e. The Kier molecular flexibility index (Phi) is 4.12. The molecule has 0 saturated carbocycles. The zero-order chi connectivity index (χ0) is 18.1. The van der Waals surface area contributed by atoms with Crippen molar-refractivity contribution in [1.29, 1.82) is 0 Å². The van der Waals surface area contributed by atoms with Gasteiger partial charge >= 0.3 is 0 Å². The van der Waals surface area contributed by atoms with Crippen molar-refractivity contribution in [3.8, 4) is 17.2 Å². The normalized spacial score (nSPS) is 16.3. The number of hydrogen-bond donors (Lipinski definition) is 1. The van der Waals surface area contributed by atoms with Crippen LogP contribution in [0.25, 0.3) is 11.0 Å². The number of nitrogens with zero attached hydrogens (tertiary/aromatic N) is 2. The van der Waals surface area contributed by atoms with Crippen molar-refractivity contribution in [3.63, 3.8) is 0 Å².